The molecule has 0 amide bonds. The van der Waals surface area contributed by atoms with Gasteiger partial charge in [0.1, 0.15) is 11.6 Å². The Morgan fingerprint density at radius 3 is 2.78 bits per heavy atom. The molecule has 32 heavy (non-hydrogen) atoms. The van der Waals surface area contributed by atoms with Gasteiger partial charge in [0.15, 0.2) is 5.78 Å². The third-order valence-electron chi connectivity index (χ3n) is 6.23. The molecule has 1 atom stereocenters. The number of nitrogens with one attached hydrogen (secondary N) is 1. The summed E-state index contributed by atoms with van der Waals surface area (Å²) in [6.07, 6.45) is 4.46. The summed E-state index contributed by atoms with van der Waals surface area (Å²) in [5, 5.41) is 11.7. The molecular weight excluding hydrogens is 422 g/mol. The van der Waals surface area contributed by atoms with E-state index in [1.807, 2.05) is 30.5 Å². The quantitative estimate of drug-likeness (QED) is 0.570. The predicted octanol–water partition coefficient (Wildman–Crippen LogP) is 5.16. The average molecular weight is 444 g/mol. The number of pyridine rings is 1. The third kappa shape index (κ3) is 3.17. The number of nitrogens with zero attached hydrogens (tertiary/aromatic N) is 3. The fraction of sp³-hybridized carbons (Fsp3) is 0.240. The number of hydrogen-bond donors (Lipinski definition) is 2. The summed E-state index contributed by atoms with van der Waals surface area (Å²) in [6, 6.07) is 13.7. The Morgan fingerprint density at radius 1 is 1.25 bits per heavy atom. The lowest BCUT2D eigenvalue weighted by molar-refractivity contribution is -0.118. The first-order valence-corrected chi connectivity index (χ1v) is 10.8. The minimum Gasteiger partial charge on any atom is -0.384 e. The highest BCUT2D eigenvalue weighted by Gasteiger charge is 2.45. The Kier molecular flexibility index (Phi) is 4.61. The SMILES string of the molecule is CC1(C)CC(=O)C2=C(C1)N(c1ccc(Cl)cn1)C(N)=C(C#N)[C@@H]2c1ccc2[nH]ccc2c1. The summed E-state index contributed by atoms with van der Waals surface area (Å²) >= 11 is 6.05. The van der Waals surface area contributed by atoms with Gasteiger partial charge in [-0.15, -0.1) is 0 Å². The fourth-order valence-electron chi connectivity index (χ4n) is 4.86. The normalized spacial score (nSPS) is 20.5. The first-order chi connectivity index (χ1) is 15.3. The zero-order valence-electron chi connectivity index (χ0n) is 17.8. The number of rotatable bonds is 2. The molecule has 1 aliphatic carbocycles. The number of anilines is 1. The molecule has 1 aromatic carbocycles. The van der Waals surface area contributed by atoms with Gasteiger partial charge in [-0.2, -0.15) is 5.26 Å². The Labute approximate surface area is 191 Å². The molecule has 5 rings (SSSR count). The Hall–Kier alpha value is -3.56. The molecule has 0 bridgehead atoms. The predicted molar refractivity (Wildman–Crippen MR) is 125 cm³/mol. The molecule has 2 aromatic heterocycles. The zero-order valence-corrected chi connectivity index (χ0v) is 18.6. The number of carbonyl (C=O) groups excluding carboxylic acids is 1. The molecular formula is C25H22ClN5O. The van der Waals surface area contributed by atoms with Crippen molar-refractivity contribution in [3.8, 4) is 6.07 Å². The van der Waals surface area contributed by atoms with Gasteiger partial charge < -0.3 is 10.7 Å². The fourth-order valence-corrected chi connectivity index (χ4v) is 4.97. The number of nitriles is 1. The Morgan fingerprint density at radius 2 is 2.06 bits per heavy atom. The second-order valence-corrected chi connectivity index (χ2v) is 9.58. The zero-order chi connectivity index (χ0) is 22.6. The number of nitrogens with two attached hydrogens (primary N) is 1. The number of carbonyl (C=O) groups is 1. The van der Waals surface area contributed by atoms with Gasteiger partial charge in [-0.3, -0.25) is 9.69 Å². The molecule has 0 saturated heterocycles. The van der Waals surface area contributed by atoms with Crippen LogP contribution in [0.2, 0.25) is 5.02 Å². The van der Waals surface area contributed by atoms with Crippen LogP contribution in [-0.2, 0) is 4.79 Å². The van der Waals surface area contributed by atoms with Gasteiger partial charge in [0.05, 0.1) is 22.6 Å². The number of aromatic amines is 1. The van der Waals surface area contributed by atoms with Gasteiger partial charge in [0, 0.05) is 35.6 Å². The first-order valence-electron chi connectivity index (χ1n) is 10.4. The smallest absolute Gasteiger partial charge is 0.162 e. The second-order valence-electron chi connectivity index (χ2n) is 9.14. The number of Topliss-reactive ketones (excluding diaryl/α,β-unsaturated/α-hetero) is 1. The number of H-pyrrole nitrogens is 1. The van der Waals surface area contributed by atoms with Gasteiger partial charge in [0.2, 0.25) is 0 Å². The van der Waals surface area contributed by atoms with Crippen molar-refractivity contribution in [1.82, 2.24) is 9.97 Å². The highest BCUT2D eigenvalue weighted by Crippen LogP contribution is 2.50. The van der Waals surface area contributed by atoms with Crippen LogP contribution in [0.3, 0.4) is 0 Å². The summed E-state index contributed by atoms with van der Waals surface area (Å²) in [4.78, 5) is 22.9. The molecule has 0 spiro atoms. The van der Waals surface area contributed by atoms with Crippen molar-refractivity contribution in [2.45, 2.75) is 32.6 Å². The van der Waals surface area contributed by atoms with E-state index < -0.39 is 5.92 Å². The van der Waals surface area contributed by atoms with Crippen LogP contribution in [0.1, 0.15) is 38.2 Å². The molecule has 0 fully saturated rings. The van der Waals surface area contributed by atoms with Crippen molar-refractivity contribution in [3.63, 3.8) is 0 Å². The highest BCUT2D eigenvalue weighted by molar-refractivity contribution is 6.30. The number of benzene rings is 1. The number of hydrogen-bond acceptors (Lipinski definition) is 5. The van der Waals surface area contributed by atoms with E-state index in [1.54, 1.807) is 17.0 Å². The number of fused-ring (bicyclic) bond motifs is 1. The van der Waals surface area contributed by atoms with Crippen molar-refractivity contribution >= 4 is 34.1 Å². The summed E-state index contributed by atoms with van der Waals surface area (Å²) in [6.45, 7) is 4.14. The second kappa shape index (κ2) is 7.25. The molecule has 3 heterocycles. The lowest BCUT2D eigenvalue weighted by atomic mass is 9.68. The minimum absolute atomic E-state index is 0.0367. The summed E-state index contributed by atoms with van der Waals surface area (Å²) in [5.74, 6) is 0.360. The molecule has 3 N–H and O–H groups in total. The highest BCUT2D eigenvalue weighted by atomic mass is 35.5. The number of allylic oxidation sites excluding steroid dienone is 3. The maximum absolute atomic E-state index is 13.5. The molecule has 3 aromatic rings. The average Bonchev–Trinajstić information content (AvgIpc) is 3.21. The van der Waals surface area contributed by atoms with E-state index in [1.165, 1.54) is 6.20 Å². The van der Waals surface area contributed by atoms with Crippen molar-refractivity contribution in [2.24, 2.45) is 11.1 Å². The van der Waals surface area contributed by atoms with Gasteiger partial charge in [-0.05, 0) is 53.1 Å². The van der Waals surface area contributed by atoms with Crippen LogP contribution in [0.4, 0.5) is 5.82 Å². The van der Waals surface area contributed by atoms with E-state index in [2.05, 4.69) is 29.9 Å². The van der Waals surface area contributed by atoms with Crippen molar-refractivity contribution < 1.29 is 4.79 Å². The van der Waals surface area contributed by atoms with Crippen molar-refractivity contribution in [1.29, 1.82) is 5.26 Å². The minimum atomic E-state index is -0.513. The van der Waals surface area contributed by atoms with Crippen LogP contribution >= 0.6 is 11.6 Å². The van der Waals surface area contributed by atoms with Crippen molar-refractivity contribution in [2.75, 3.05) is 4.90 Å². The van der Waals surface area contributed by atoms with Crippen LogP contribution in [0, 0.1) is 16.7 Å². The van der Waals surface area contributed by atoms with Crippen LogP contribution in [0.5, 0.6) is 0 Å². The van der Waals surface area contributed by atoms with E-state index in [-0.39, 0.29) is 11.2 Å². The van der Waals surface area contributed by atoms with Crippen LogP contribution in [0.25, 0.3) is 10.9 Å². The number of halogens is 1. The number of aromatic nitrogens is 2. The van der Waals surface area contributed by atoms with E-state index in [0.717, 1.165) is 22.2 Å². The monoisotopic (exact) mass is 443 g/mol. The number of ketones is 1. The summed E-state index contributed by atoms with van der Waals surface area (Å²) in [7, 11) is 0. The van der Waals surface area contributed by atoms with Gasteiger partial charge in [-0.1, -0.05) is 31.5 Å². The molecule has 0 saturated carbocycles. The Balaban J connectivity index is 1.77. The van der Waals surface area contributed by atoms with Gasteiger partial charge >= 0.3 is 0 Å². The molecule has 1 aliphatic heterocycles. The van der Waals surface area contributed by atoms with E-state index >= 15 is 0 Å². The van der Waals surface area contributed by atoms with Crippen molar-refractivity contribution in [3.05, 3.63) is 82.0 Å². The Bertz CT molecular complexity index is 1360. The summed E-state index contributed by atoms with van der Waals surface area (Å²) in [5.41, 5.74) is 10.0. The molecule has 6 nitrogen and oxygen atoms in total. The largest absolute Gasteiger partial charge is 0.384 e. The van der Waals surface area contributed by atoms with Gasteiger partial charge in [0.25, 0.3) is 0 Å². The lowest BCUT2D eigenvalue weighted by Crippen LogP contribution is -2.42. The molecule has 7 heteroatoms. The topological polar surface area (TPSA) is 98.8 Å². The lowest BCUT2D eigenvalue weighted by Gasteiger charge is -2.43. The van der Waals surface area contributed by atoms with Crippen LogP contribution in [0.15, 0.2) is 71.5 Å². The molecule has 160 valence electrons. The molecule has 2 aliphatic rings. The standard InChI is InChI=1S/C25H22ClN5O/c1-25(2)10-19-23(20(32)11-25)22(15-3-5-18-14(9-15)7-8-29-18)17(12-27)24(28)31(19)21-6-4-16(26)13-30-21/h3-9,13,22,29H,10-11,28H2,1-2H3/t22-/m0/s1. The third-order valence-corrected chi connectivity index (χ3v) is 6.46. The first kappa shape index (κ1) is 20.3. The van der Waals surface area contributed by atoms with Gasteiger partial charge in [-0.25, -0.2) is 4.98 Å². The van der Waals surface area contributed by atoms with E-state index in [9.17, 15) is 10.1 Å². The maximum Gasteiger partial charge on any atom is 0.162 e. The summed E-state index contributed by atoms with van der Waals surface area (Å²) < 4.78 is 0. The van der Waals surface area contributed by atoms with Crippen LogP contribution in [-0.4, -0.2) is 15.8 Å². The maximum atomic E-state index is 13.5. The van der Waals surface area contributed by atoms with Crippen LogP contribution < -0.4 is 10.6 Å². The van der Waals surface area contributed by atoms with E-state index in [4.69, 9.17) is 17.3 Å². The molecule has 0 unspecified atom stereocenters. The van der Waals surface area contributed by atoms with E-state index in [0.29, 0.717) is 40.6 Å². The molecule has 0 radical (unpaired) electrons.